The van der Waals surface area contributed by atoms with E-state index in [1.54, 1.807) is 6.20 Å². The van der Waals surface area contributed by atoms with Gasteiger partial charge in [0.15, 0.2) is 0 Å². The van der Waals surface area contributed by atoms with Gasteiger partial charge < -0.3 is 19.8 Å². The Morgan fingerprint density at radius 1 is 1.20 bits per heavy atom. The molecule has 1 aliphatic heterocycles. The van der Waals surface area contributed by atoms with Gasteiger partial charge in [-0.1, -0.05) is 11.6 Å². The number of anilines is 1. The van der Waals surface area contributed by atoms with Crippen molar-refractivity contribution in [1.29, 1.82) is 0 Å². The van der Waals surface area contributed by atoms with E-state index in [0.29, 0.717) is 24.5 Å². The molecule has 0 unspecified atom stereocenters. The Balaban J connectivity index is 2.03. The number of benzene rings is 1. The topological polar surface area (TPSA) is 81.6 Å². The highest BCUT2D eigenvalue weighted by molar-refractivity contribution is 6.32. The van der Waals surface area contributed by atoms with Gasteiger partial charge in [-0.15, -0.1) is 0 Å². The fourth-order valence-corrected chi connectivity index (χ4v) is 2.44. The Kier molecular flexibility index (Phi) is 3.42. The van der Waals surface area contributed by atoms with Crippen LogP contribution in [0.4, 0.5) is 5.69 Å². The smallest absolute Gasteiger partial charge is 0.137 e. The number of halogens is 1. The number of phenolic OH excluding ortho intramolecular Hbond substituents is 2. The number of H-pyrrole nitrogens is 1. The van der Waals surface area contributed by atoms with E-state index in [0.717, 1.165) is 18.8 Å². The molecule has 0 radical (unpaired) electrons. The summed E-state index contributed by atoms with van der Waals surface area (Å²) in [6, 6.07) is 2.74. The highest BCUT2D eigenvalue weighted by atomic mass is 35.5. The molecule has 1 fully saturated rings. The zero-order valence-electron chi connectivity index (χ0n) is 10.6. The third kappa shape index (κ3) is 2.28. The minimum atomic E-state index is -0.152. The number of hydrogen-bond donors (Lipinski definition) is 3. The Morgan fingerprint density at radius 2 is 1.95 bits per heavy atom. The molecule has 2 heterocycles. The molecule has 2 aromatic rings. The molecular weight excluding hydrogens is 282 g/mol. The maximum Gasteiger partial charge on any atom is 0.137 e. The van der Waals surface area contributed by atoms with Crippen molar-refractivity contribution in [3.8, 4) is 22.8 Å². The first-order valence-electron chi connectivity index (χ1n) is 6.24. The van der Waals surface area contributed by atoms with Crippen molar-refractivity contribution in [2.24, 2.45) is 0 Å². The summed E-state index contributed by atoms with van der Waals surface area (Å²) in [5.41, 5.74) is 2.06. The number of hydrogen-bond acceptors (Lipinski definition) is 5. The summed E-state index contributed by atoms with van der Waals surface area (Å²) in [6.45, 7) is 2.85. The van der Waals surface area contributed by atoms with Gasteiger partial charge in [0, 0.05) is 24.7 Å². The van der Waals surface area contributed by atoms with Gasteiger partial charge in [-0.2, -0.15) is 5.10 Å². The van der Waals surface area contributed by atoms with Crippen LogP contribution in [0.5, 0.6) is 11.5 Å². The Hall–Kier alpha value is -1.92. The van der Waals surface area contributed by atoms with Crippen molar-refractivity contribution < 1.29 is 14.9 Å². The van der Waals surface area contributed by atoms with Crippen molar-refractivity contribution in [1.82, 2.24) is 10.2 Å². The fourth-order valence-electron chi connectivity index (χ4n) is 2.27. The van der Waals surface area contributed by atoms with Crippen molar-refractivity contribution >= 4 is 17.3 Å². The standard InChI is InChI=1S/C13H14ClN3O3/c14-9-5-8(11(18)6-12(9)19)13-10(7-15-16-13)17-1-3-20-4-2-17/h5-7,18-19H,1-4H2,(H,15,16). The van der Waals surface area contributed by atoms with Crippen LogP contribution in [0, 0.1) is 0 Å². The molecule has 0 spiro atoms. The van der Waals surface area contributed by atoms with Gasteiger partial charge in [0.1, 0.15) is 11.5 Å². The molecule has 20 heavy (non-hydrogen) atoms. The van der Waals surface area contributed by atoms with Gasteiger partial charge in [0.05, 0.1) is 35.8 Å². The van der Waals surface area contributed by atoms with Gasteiger partial charge in [0.2, 0.25) is 0 Å². The largest absolute Gasteiger partial charge is 0.507 e. The highest BCUT2D eigenvalue weighted by Gasteiger charge is 2.20. The van der Waals surface area contributed by atoms with Crippen LogP contribution in [-0.4, -0.2) is 46.7 Å². The van der Waals surface area contributed by atoms with Crippen LogP contribution in [-0.2, 0) is 4.74 Å². The number of aromatic nitrogens is 2. The lowest BCUT2D eigenvalue weighted by Crippen LogP contribution is -2.36. The normalized spacial score (nSPS) is 15.6. The lowest BCUT2D eigenvalue weighted by atomic mass is 10.1. The lowest BCUT2D eigenvalue weighted by Gasteiger charge is -2.28. The molecular formula is C13H14ClN3O3. The van der Waals surface area contributed by atoms with E-state index in [9.17, 15) is 10.2 Å². The van der Waals surface area contributed by atoms with Crippen LogP contribution in [0.15, 0.2) is 18.3 Å². The number of nitrogens with zero attached hydrogens (tertiary/aromatic N) is 2. The van der Waals surface area contributed by atoms with Crippen LogP contribution in [0.2, 0.25) is 5.02 Å². The molecule has 0 aliphatic carbocycles. The van der Waals surface area contributed by atoms with E-state index in [4.69, 9.17) is 16.3 Å². The van der Waals surface area contributed by atoms with Crippen LogP contribution < -0.4 is 4.90 Å². The van der Waals surface area contributed by atoms with E-state index in [1.165, 1.54) is 12.1 Å². The van der Waals surface area contributed by atoms with Gasteiger partial charge in [-0.05, 0) is 6.07 Å². The maximum atomic E-state index is 10.0. The quantitative estimate of drug-likeness (QED) is 0.789. The van der Waals surface area contributed by atoms with Crippen LogP contribution in [0.25, 0.3) is 11.3 Å². The monoisotopic (exact) mass is 295 g/mol. The summed E-state index contributed by atoms with van der Waals surface area (Å²) in [7, 11) is 0. The first-order chi connectivity index (χ1) is 9.66. The van der Waals surface area contributed by atoms with E-state index in [2.05, 4.69) is 15.1 Å². The summed E-state index contributed by atoms with van der Waals surface area (Å²) < 4.78 is 5.33. The SMILES string of the molecule is Oc1cc(O)c(-c2[nH]ncc2N2CCOCC2)cc1Cl. The van der Waals surface area contributed by atoms with Crippen molar-refractivity contribution in [2.45, 2.75) is 0 Å². The fraction of sp³-hybridized carbons (Fsp3) is 0.308. The molecule has 1 saturated heterocycles. The predicted octanol–water partition coefficient (Wildman–Crippen LogP) is 1.98. The van der Waals surface area contributed by atoms with E-state index < -0.39 is 0 Å². The molecule has 0 atom stereocenters. The first-order valence-corrected chi connectivity index (χ1v) is 6.62. The minimum absolute atomic E-state index is 0.0503. The molecule has 1 aromatic heterocycles. The van der Waals surface area contributed by atoms with Crippen LogP contribution in [0.3, 0.4) is 0 Å². The van der Waals surface area contributed by atoms with Gasteiger partial charge in [0.25, 0.3) is 0 Å². The van der Waals surface area contributed by atoms with E-state index >= 15 is 0 Å². The summed E-state index contributed by atoms with van der Waals surface area (Å²) in [4.78, 5) is 2.13. The molecule has 0 bridgehead atoms. The van der Waals surface area contributed by atoms with Crippen LogP contribution >= 0.6 is 11.6 Å². The molecule has 6 nitrogen and oxygen atoms in total. The number of ether oxygens (including phenoxy) is 1. The third-order valence-corrected chi connectivity index (χ3v) is 3.61. The highest BCUT2D eigenvalue weighted by Crippen LogP contribution is 2.40. The lowest BCUT2D eigenvalue weighted by molar-refractivity contribution is 0.123. The zero-order chi connectivity index (χ0) is 14.1. The maximum absolute atomic E-state index is 10.0. The minimum Gasteiger partial charge on any atom is -0.507 e. The average Bonchev–Trinajstić information content (AvgIpc) is 2.93. The number of phenols is 2. The Morgan fingerprint density at radius 3 is 2.70 bits per heavy atom. The molecule has 1 aromatic carbocycles. The summed E-state index contributed by atoms with van der Waals surface area (Å²) >= 11 is 5.91. The second-order valence-corrected chi connectivity index (χ2v) is 4.96. The summed E-state index contributed by atoms with van der Waals surface area (Å²) in [6.07, 6.45) is 1.71. The Labute approximate surface area is 120 Å². The molecule has 7 heteroatoms. The third-order valence-electron chi connectivity index (χ3n) is 3.31. The molecule has 3 N–H and O–H groups in total. The Bertz CT molecular complexity index is 623. The number of aromatic hydroxyl groups is 2. The molecule has 3 rings (SSSR count). The molecule has 0 saturated carbocycles. The van der Waals surface area contributed by atoms with Crippen LogP contribution in [0.1, 0.15) is 0 Å². The van der Waals surface area contributed by atoms with Crippen molar-refractivity contribution in [3.05, 3.63) is 23.4 Å². The molecule has 106 valence electrons. The van der Waals surface area contributed by atoms with Crippen molar-refractivity contribution in [3.63, 3.8) is 0 Å². The second kappa shape index (κ2) is 5.22. The van der Waals surface area contributed by atoms with E-state index in [1.807, 2.05) is 0 Å². The summed E-state index contributed by atoms with van der Waals surface area (Å²) in [5.74, 6) is -0.203. The van der Waals surface area contributed by atoms with Gasteiger partial charge in [-0.3, -0.25) is 5.10 Å². The second-order valence-electron chi connectivity index (χ2n) is 4.55. The van der Waals surface area contributed by atoms with E-state index in [-0.39, 0.29) is 16.5 Å². The summed E-state index contributed by atoms with van der Waals surface area (Å²) in [5, 5.41) is 26.6. The number of aromatic amines is 1. The number of rotatable bonds is 2. The van der Waals surface area contributed by atoms with Crippen molar-refractivity contribution in [2.75, 3.05) is 31.2 Å². The number of morpholine rings is 1. The predicted molar refractivity (Wildman–Crippen MR) is 75.4 cm³/mol. The molecule has 0 amide bonds. The van der Waals surface area contributed by atoms with Gasteiger partial charge in [-0.25, -0.2) is 0 Å². The first kappa shape index (κ1) is 13.1. The molecule has 1 aliphatic rings. The average molecular weight is 296 g/mol. The zero-order valence-corrected chi connectivity index (χ0v) is 11.4. The number of nitrogens with one attached hydrogen (secondary N) is 1. The van der Waals surface area contributed by atoms with Gasteiger partial charge >= 0.3 is 0 Å².